The Morgan fingerprint density at radius 2 is 1.80 bits per heavy atom. The summed E-state index contributed by atoms with van der Waals surface area (Å²) in [5, 5.41) is 28.3. The molecule has 2 rings (SSSR count). The standard InChI is InChI=1S/C19H16O6/c1-25-19-10-12(3-7-17(19)23)2-5-15(21)14(11-20)8-13-4-6-16(22)18(24)9-13/h2-7,9-10,22-24H,8H2,1H3/b5-2+. The lowest BCUT2D eigenvalue weighted by molar-refractivity contribution is -0.111. The Labute approximate surface area is 143 Å². The highest BCUT2D eigenvalue weighted by Crippen LogP contribution is 2.27. The predicted octanol–water partition coefficient (Wildman–Crippen LogP) is 2.40. The number of phenols is 3. The summed E-state index contributed by atoms with van der Waals surface area (Å²) in [5.41, 5.74) is 0.976. The van der Waals surface area contributed by atoms with Crippen molar-refractivity contribution < 1.29 is 29.6 Å². The van der Waals surface area contributed by atoms with E-state index in [1.807, 2.05) is 0 Å². The second-order valence-corrected chi connectivity index (χ2v) is 5.21. The SMILES string of the molecule is COc1cc(/C=C/C(=O)C(=C=O)Cc2ccc(O)c(O)c2)ccc1O. The van der Waals surface area contributed by atoms with Gasteiger partial charge in [0.25, 0.3) is 0 Å². The molecule has 6 heteroatoms. The van der Waals surface area contributed by atoms with E-state index in [4.69, 9.17) is 4.74 Å². The van der Waals surface area contributed by atoms with E-state index in [0.29, 0.717) is 11.1 Å². The van der Waals surface area contributed by atoms with E-state index in [1.54, 1.807) is 18.1 Å². The summed E-state index contributed by atoms with van der Waals surface area (Å²) < 4.78 is 4.98. The summed E-state index contributed by atoms with van der Waals surface area (Å²) in [7, 11) is 1.41. The molecule has 0 fully saturated rings. The molecule has 0 amide bonds. The number of carbonyl (C=O) groups is 1. The molecule has 0 saturated carbocycles. The number of phenolic OH excluding ortho intramolecular Hbond substituents is 3. The van der Waals surface area contributed by atoms with Crippen LogP contribution in [0.2, 0.25) is 0 Å². The molecule has 0 aromatic heterocycles. The number of hydrogen-bond acceptors (Lipinski definition) is 6. The zero-order chi connectivity index (χ0) is 18.4. The van der Waals surface area contributed by atoms with Gasteiger partial charge in [0.1, 0.15) is 5.94 Å². The minimum Gasteiger partial charge on any atom is -0.504 e. The Balaban J connectivity index is 2.14. The van der Waals surface area contributed by atoms with Crippen LogP contribution in [0.1, 0.15) is 11.1 Å². The first-order valence-corrected chi connectivity index (χ1v) is 7.29. The molecule has 0 bridgehead atoms. The molecule has 0 radical (unpaired) electrons. The fourth-order valence-corrected chi connectivity index (χ4v) is 2.13. The minimum absolute atomic E-state index is 0.0217. The van der Waals surface area contributed by atoms with E-state index in [-0.39, 0.29) is 35.0 Å². The smallest absolute Gasteiger partial charge is 0.193 e. The van der Waals surface area contributed by atoms with Gasteiger partial charge in [-0.05, 0) is 41.5 Å². The van der Waals surface area contributed by atoms with Crippen LogP contribution in [0.15, 0.2) is 48.0 Å². The molecule has 128 valence electrons. The van der Waals surface area contributed by atoms with Crippen molar-refractivity contribution in [1.29, 1.82) is 0 Å². The van der Waals surface area contributed by atoms with Crippen LogP contribution >= 0.6 is 0 Å². The normalized spacial score (nSPS) is 10.4. The summed E-state index contributed by atoms with van der Waals surface area (Å²) in [6.45, 7) is 0. The average molecular weight is 340 g/mol. The van der Waals surface area contributed by atoms with Crippen LogP contribution in [-0.2, 0) is 16.0 Å². The highest BCUT2D eigenvalue weighted by Gasteiger charge is 2.11. The van der Waals surface area contributed by atoms with Gasteiger partial charge in [0.05, 0.1) is 12.7 Å². The van der Waals surface area contributed by atoms with Crippen LogP contribution in [0.25, 0.3) is 6.08 Å². The van der Waals surface area contributed by atoms with Gasteiger partial charge in [-0.2, -0.15) is 0 Å². The summed E-state index contributed by atoms with van der Waals surface area (Å²) in [4.78, 5) is 23.2. The van der Waals surface area contributed by atoms with Crippen molar-refractivity contribution >= 4 is 17.8 Å². The van der Waals surface area contributed by atoms with Gasteiger partial charge in [0.2, 0.25) is 0 Å². The highest BCUT2D eigenvalue weighted by molar-refractivity contribution is 6.11. The maximum atomic E-state index is 12.1. The molecule has 0 unspecified atom stereocenters. The molecule has 2 aromatic rings. The van der Waals surface area contributed by atoms with Crippen molar-refractivity contribution in [2.24, 2.45) is 0 Å². The van der Waals surface area contributed by atoms with Crippen molar-refractivity contribution in [2.75, 3.05) is 7.11 Å². The van der Waals surface area contributed by atoms with Gasteiger partial charge in [-0.1, -0.05) is 18.2 Å². The molecular weight excluding hydrogens is 324 g/mol. The minimum atomic E-state index is -0.533. The Bertz CT molecular complexity index is 875. The van der Waals surface area contributed by atoms with Gasteiger partial charge in [-0.25, -0.2) is 4.79 Å². The zero-order valence-corrected chi connectivity index (χ0v) is 13.4. The van der Waals surface area contributed by atoms with Crippen molar-refractivity contribution in [3.63, 3.8) is 0 Å². The lowest BCUT2D eigenvalue weighted by Crippen LogP contribution is -2.03. The maximum absolute atomic E-state index is 12.1. The second-order valence-electron chi connectivity index (χ2n) is 5.21. The number of rotatable bonds is 6. The zero-order valence-electron chi connectivity index (χ0n) is 13.4. The fourth-order valence-electron chi connectivity index (χ4n) is 2.13. The third-order valence-corrected chi connectivity index (χ3v) is 3.47. The number of allylic oxidation sites excluding steroid dienone is 2. The first-order chi connectivity index (χ1) is 11.9. The third-order valence-electron chi connectivity index (χ3n) is 3.47. The molecule has 0 aliphatic carbocycles. The second kappa shape index (κ2) is 7.86. The van der Waals surface area contributed by atoms with E-state index < -0.39 is 5.78 Å². The maximum Gasteiger partial charge on any atom is 0.193 e. The van der Waals surface area contributed by atoms with Gasteiger partial charge in [0.15, 0.2) is 28.8 Å². The number of methoxy groups -OCH3 is 1. The van der Waals surface area contributed by atoms with Gasteiger partial charge in [-0.3, -0.25) is 4.79 Å². The van der Waals surface area contributed by atoms with Gasteiger partial charge in [0, 0.05) is 6.42 Å². The molecular formula is C19H16O6. The Hall–Kier alpha value is -3.50. The number of ether oxygens (including phenoxy) is 1. The van der Waals surface area contributed by atoms with Gasteiger partial charge in [-0.15, -0.1) is 0 Å². The van der Waals surface area contributed by atoms with Crippen molar-refractivity contribution in [2.45, 2.75) is 6.42 Å². The molecule has 25 heavy (non-hydrogen) atoms. The van der Waals surface area contributed by atoms with E-state index in [9.17, 15) is 24.9 Å². The Morgan fingerprint density at radius 3 is 2.44 bits per heavy atom. The van der Waals surface area contributed by atoms with Crippen LogP contribution in [0.3, 0.4) is 0 Å². The molecule has 0 atom stereocenters. The van der Waals surface area contributed by atoms with E-state index >= 15 is 0 Å². The molecule has 0 spiro atoms. The third kappa shape index (κ3) is 4.50. The first-order valence-electron chi connectivity index (χ1n) is 7.29. The van der Waals surface area contributed by atoms with Crippen molar-refractivity contribution in [1.82, 2.24) is 0 Å². The molecule has 0 aliphatic heterocycles. The highest BCUT2D eigenvalue weighted by atomic mass is 16.5. The molecule has 2 aromatic carbocycles. The Kier molecular flexibility index (Phi) is 5.61. The average Bonchev–Trinajstić information content (AvgIpc) is 2.61. The number of benzene rings is 2. The largest absolute Gasteiger partial charge is 0.504 e. The number of ketones is 1. The van der Waals surface area contributed by atoms with Crippen molar-refractivity contribution in [3.8, 4) is 23.0 Å². The predicted molar refractivity (Wildman–Crippen MR) is 91.4 cm³/mol. The van der Waals surface area contributed by atoms with Crippen LogP contribution in [0, 0.1) is 0 Å². The molecule has 6 nitrogen and oxygen atoms in total. The Morgan fingerprint density at radius 1 is 1.08 bits per heavy atom. The number of aromatic hydroxyl groups is 3. The lowest BCUT2D eigenvalue weighted by atomic mass is 10.0. The summed E-state index contributed by atoms with van der Waals surface area (Å²) in [6.07, 6.45) is 2.67. The fraction of sp³-hybridized carbons (Fsp3) is 0.105. The van der Waals surface area contributed by atoms with Crippen LogP contribution < -0.4 is 4.74 Å². The van der Waals surface area contributed by atoms with Crippen LogP contribution in [0.5, 0.6) is 23.0 Å². The van der Waals surface area contributed by atoms with Gasteiger partial charge < -0.3 is 20.1 Å². The molecule has 0 saturated heterocycles. The van der Waals surface area contributed by atoms with Crippen LogP contribution in [0.4, 0.5) is 0 Å². The van der Waals surface area contributed by atoms with E-state index in [2.05, 4.69) is 0 Å². The first kappa shape index (κ1) is 17.8. The van der Waals surface area contributed by atoms with Gasteiger partial charge >= 0.3 is 0 Å². The lowest BCUT2D eigenvalue weighted by Gasteiger charge is -2.04. The number of carbonyl (C=O) groups excluding carboxylic acids is 2. The molecule has 0 heterocycles. The number of hydrogen-bond donors (Lipinski definition) is 3. The monoisotopic (exact) mass is 340 g/mol. The summed E-state index contributed by atoms with van der Waals surface area (Å²) in [6, 6.07) is 8.60. The summed E-state index contributed by atoms with van der Waals surface area (Å²) in [5.74, 6) is 0.703. The summed E-state index contributed by atoms with van der Waals surface area (Å²) >= 11 is 0. The quantitative estimate of drug-likeness (QED) is 0.424. The van der Waals surface area contributed by atoms with E-state index in [1.165, 1.54) is 43.5 Å². The molecule has 3 N–H and O–H groups in total. The molecule has 0 aliphatic rings. The topological polar surface area (TPSA) is 104 Å². The van der Waals surface area contributed by atoms with Crippen molar-refractivity contribution in [3.05, 3.63) is 59.2 Å². The van der Waals surface area contributed by atoms with Crippen LogP contribution in [-0.4, -0.2) is 34.2 Å². The van der Waals surface area contributed by atoms with E-state index in [0.717, 1.165) is 0 Å².